The molecule has 0 aromatic heterocycles. The minimum absolute atomic E-state index is 0.175. The highest BCUT2D eigenvalue weighted by Crippen LogP contribution is 2.19. The molecule has 0 amide bonds. The minimum atomic E-state index is 0.175. The van der Waals surface area contributed by atoms with E-state index in [2.05, 4.69) is 53.1 Å². The van der Waals surface area contributed by atoms with Gasteiger partial charge in [-0.25, -0.2) is 0 Å². The summed E-state index contributed by atoms with van der Waals surface area (Å²) in [4.78, 5) is 0. The summed E-state index contributed by atoms with van der Waals surface area (Å²) in [7, 11) is 0. The van der Waals surface area contributed by atoms with Crippen molar-refractivity contribution in [2.24, 2.45) is 10.8 Å². The number of hydrazone groups is 1. The van der Waals surface area contributed by atoms with Gasteiger partial charge in [-0.15, -0.1) is 0 Å². The van der Waals surface area contributed by atoms with E-state index < -0.39 is 0 Å². The zero-order valence-corrected chi connectivity index (χ0v) is 11.2. The molecule has 0 saturated heterocycles. The number of nitrogens with zero attached hydrogens (tertiary/aromatic N) is 1. The van der Waals surface area contributed by atoms with E-state index in [-0.39, 0.29) is 5.11 Å². The van der Waals surface area contributed by atoms with Crippen LogP contribution < -0.4 is 11.2 Å². The Morgan fingerprint density at radius 2 is 1.84 bits per heavy atom. The summed E-state index contributed by atoms with van der Waals surface area (Å²) in [5.41, 5.74) is 11.4. The first-order valence-corrected chi connectivity index (χ1v) is 6.38. The minimum Gasteiger partial charge on any atom is -0.375 e. The second kappa shape index (κ2) is 6.66. The summed E-state index contributed by atoms with van der Waals surface area (Å²) >= 11 is 4.66. The first-order chi connectivity index (χ1) is 9.25. The van der Waals surface area contributed by atoms with E-state index in [1.807, 2.05) is 24.3 Å². The Bertz CT molecular complexity index is 579. The van der Waals surface area contributed by atoms with Crippen LogP contribution in [0.5, 0.6) is 0 Å². The summed E-state index contributed by atoms with van der Waals surface area (Å²) in [6.07, 6.45) is 2.49. The molecule has 2 aromatic rings. The van der Waals surface area contributed by atoms with Crippen LogP contribution in [0.1, 0.15) is 5.56 Å². The number of hydrogen-bond acceptors (Lipinski definition) is 2. The third-order valence-corrected chi connectivity index (χ3v) is 2.72. The maximum atomic E-state index is 5.28. The van der Waals surface area contributed by atoms with Crippen molar-refractivity contribution in [3.05, 3.63) is 60.2 Å². The summed E-state index contributed by atoms with van der Waals surface area (Å²) in [6, 6.07) is 18.7. The number of benzene rings is 2. The van der Waals surface area contributed by atoms with E-state index in [4.69, 9.17) is 5.73 Å². The Kier molecular flexibility index (Phi) is 4.64. The molecule has 0 aliphatic carbocycles. The molecule has 0 fully saturated rings. The first kappa shape index (κ1) is 13.2. The third kappa shape index (κ3) is 4.19. The molecule has 0 unspecified atom stereocenters. The van der Waals surface area contributed by atoms with Crippen LogP contribution in [0.2, 0.25) is 0 Å². The second-order valence-corrected chi connectivity index (χ2v) is 4.50. The van der Waals surface area contributed by atoms with Crippen LogP contribution in [0.25, 0.3) is 11.1 Å². The molecule has 96 valence electrons. The van der Waals surface area contributed by atoms with Gasteiger partial charge in [0, 0.05) is 12.6 Å². The van der Waals surface area contributed by atoms with Gasteiger partial charge in [-0.2, -0.15) is 5.10 Å². The van der Waals surface area contributed by atoms with E-state index in [9.17, 15) is 0 Å². The molecule has 0 bridgehead atoms. The Labute approximate surface area is 118 Å². The Hall–Kier alpha value is -2.20. The van der Waals surface area contributed by atoms with Crippen LogP contribution in [0.3, 0.4) is 0 Å². The summed E-state index contributed by atoms with van der Waals surface area (Å²) in [5.74, 6) is 0. The normalized spacial score (nSPS) is 10.5. The highest BCUT2D eigenvalue weighted by molar-refractivity contribution is 7.80. The molecule has 4 heteroatoms. The molecule has 0 atom stereocenters. The third-order valence-electron chi connectivity index (χ3n) is 2.63. The van der Waals surface area contributed by atoms with Crippen molar-refractivity contribution in [2.45, 2.75) is 6.42 Å². The largest absolute Gasteiger partial charge is 0.375 e. The Morgan fingerprint density at radius 3 is 2.58 bits per heavy atom. The van der Waals surface area contributed by atoms with Crippen molar-refractivity contribution in [2.75, 3.05) is 0 Å². The van der Waals surface area contributed by atoms with Crippen LogP contribution in [0, 0.1) is 0 Å². The Balaban J connectivity index is 2.08. The van der Waals surface area contributed by atoms with Crippen molar-refractivity contribution >= 4 is 23.5 Å². The molecule has 3 N–H and O–H groups in total. The molecule has 0 radical (unpaired) electrons. The Morgan fingerprint density at radius 1 is 1.11 bits per heavy atom. The van der Waals surface area contributed by atoms with Gasteiger partial charge in [-0.05, 0) is 28.9 Å². The molecular weight excluding hydrogens is 254 g/mol. The maximum Gasteiger partial charge on any atom is 0.184 e. The predicted molar refractivity (Wildman–Crippen MR) is 84.0 cm³/mol. The monoisotopic (exact) mass is 269 g/mol. The van der Waals surface area contributed by atoms with Gasteiger partial charge in [0.05, 0.1) is 0 Å². The van der Waals surface area contributed by atoms with Gasteiger partial charge in [0.1, 0.15) is 0 Å². The van der Waals surface area contributed by atoms with Crippen molar-refractivity contribution < 1.29 is 0 Å². The average Bonchev–Trinajstić information content (AvgIpc) is 2.45. The first-order valence-electron chi connectivity index (χ1n) is 5.97. The number of rotatable bonds is 4. The maximum absolute atomic E-state index is 5.28. The summed E-state index contributed by atoms with van der Waals surface area (Å²) in [5, 5.41) is 4.10. The van der Waals surface area contributed by atoms with E-state index >= 15 is 0 Å². The second-order valence-electron chi connectivity index (χ2n) is 4.06. The van der Waals surface area contributed by atoms with Gasteiger partial charge in [0.25, 0.3) is 0 Å². The van der Waals surface area contributed by atoms with Gasteiger partial charge >= 0.3 is 0 Å². The topological polar surface area (TPSA) is 50.4 Å². The lowest BCUT2D eigenvalue weighted by atomic mass is 10.0. The summed E-state index contributed by atoms with van der Waals surface area (Å²) in [6.45, 7) is 0. The standard InChI is InChI=1S/C15H15N3S/c16-15(19)18-17-10-9-12-5-4-8-14(11-12)13-6-2-1-3-7-13/h1-8,10-11H,9H2,(H3,16,18,19). The van der Waals surface area contributed by atoms with Crippen molar-refractivity contribution in [1.29, 1.82) is 0 Å². The molecule has 0 saturated carbocycles. The lowest BCUT2D eigenvalue weighted by Crippen LogP contribution is -2.24. The smallest absolute Gasteiger partial charge is 0.184 e. The zero-order chi connectivity index (χ0) is 13.5. The van der Waals surface area contributed by atoms with Crippen LogP contribution in [0.4, 0.5) is 0 Å². The number of hydrogen-bond donors (Lipinski definition) is 2. The van der Waals surface area contributed by atoms with E-state index in [0.717, 1.165) is 6.42 Å². The van der Waals surface area contributed by atoms with E-state index in [1.54, 1.807) is 6.21 Å². The fourth-order valence-corrected chi connectivity index (χ4v) is 1.82. The lowest BCUT2D eigenvalue weighted by molar-refractivity contribution is 1.03. The highest BCUT2D eigenvalue weighted by Gasteiger charge is 1.97. The average molecular weight is 269 g/mol. The number of nitrogens with one attached hydrogen (secondary N) is 1. The molecular formula is C15H15N3S. The van der Waals surface area contributed by atoms with Gasteiger partial charge < -0.3 is 5.73 Å². The fourth-order valence-electron chi connectivity index (χ4n) is 1.77. The fraction of sp³-hybridized carbons (Fsp3) is 0.0667. The van der Waals surface area contributed by atoms with E-state index in [1.165, 1.54) is 16.7 Å². The van der Waals surface area contributed by atoms with Gasteiger partial charge in [-0.1, -0.05) is 54.6 Å². The van der Waals surface area contributed by atoms with Crippen molar-refractivity contribution in [3.8, 4) is 11.1 Å². The molecule has 3 nitrogen and oxygen atoms in total. The van der Waals surface area contributed by atoms with Gasteiger partial charge in [-0.3, -0.25) is 5.43 Å². The number of thiocarbonyl (C=S) groups is 1. The molecule has 0 aliphatic heterocycles. The van der Waals surface area contributed by atoms with Gasteiger partial charge in [0.15, 0.2) is 5.11 Å². The van der Waals surface area contributed by atoms with Gasteiger partial charge in [0.2, 0.25) is 0 Å². The SMILES string of the molecule is NC(=S)NN=CCc1cccc(-c2ccccc2)c1. The predicted octanol–water partition coefficient (Wildman–Crippen LogP) is 2.72. The molecule has 2 aromatic carbocycles. The molecule has 0 aliphatic rings. The lowest BCUT2D eigenvalue weighted by Gasteiger charge is -2.03. The van der Waals surface area contributed by atoms with E-state index in [0.29, 0.717) is 0 Å². The van der Waals surface area contributed by atoms with Crippen LogP contribution in [0.15, 0.2) is 59.7 Å². The quantitative estimate of drug-likeness (QED) is 0.510. The molecule has 2 rings (SSSR count). The molecule has 19 heavy (non-hydrogen) atoms. The zero-order valence-electron chi connectivity index (χ0n) is 10.4. The molecule has 0 heterocycles. The molecule has 0 spiro atoms. The van der Waals surface area contributed by atoms with Crippen molar-refractivity contribution in [1.82, 2.24) is 5.43 Å². The van der Waals surface area contributed by atoms with Crippen LogP contribution in [-0.4, -0.2) is 11.3 Å². The highest BCUT2D eigenvalue weighted by atomic mass is 32.1. The van der Waals surface area contributed by atoms with Crippen molar-refractivity contribution in [3.63, 3.8) is 0 Å². The van der Waals surface area contributed by atoms with Crippen LogP contribution in [-0.2, 0) is 6.42 Å². The number of nitrogens with two attached hydrogens (primary N) is 1. The summed E-state index contributed by atoms with van der Waals surface area (Å²) < 4.78 is 0. The van der Waals surface area contributed by atoms with Crippen LogP contribution >= 0.6 is 12.2 Å².